The topological polar surface area (TPSA) is 45.8 Å². The number of carbonyl (C=O) groups excluding carboxylic acids is 1. The molecule has 1 amide bonds. The molecule has 24 heavy (non-hydrogen) atoms. The zero-order chi connectivity index (χ0) is 16.5. The Morgan fingerprint density at radius 1 is 1.21 bits per heavy atom. The standard InChI is InChI=1S/C18H13FN2O2S/c19-13-7-5-12(6-8-13)15-11-14(16-3-1-9-23-16)20-21(15)18(22)17-4-2-10-24-17/h1-10,15H,11H2. The average molecular weight is 340 g/mol. The van der Waals surface area contributed by atoms with Crippen LogP contribution in [-0.2, 0) is 0 Å². The third-order valence-electron chi connectivity index (χ3n) is 3.91. The lowest BCUT2D eigenvalue weighted by Gasteiger charge is -2.21. The van der Waals surface area contributed by atoms with Crippen LogP contribution in [0.3, 0.4) is 0 Å². The highest BCUT2D eigenvalue weighted by atomic mass is 32.1. The molecule has 0 N–H and O–H groups in total. The van der Waals surface area contributed by atoms with Gasteiger partial charge in [0.2, 0.25) is 0 Å². The van der Waals surface area contributed by atoms with Crippen LogP contribution in [0.2, 0.25) is 0 Å². The third kappa shape index (κ3) is 2.65. The summed E-state index contributed by atoms with van der Waals surface area (Å²) in [5, 5.41) is 7.81. The summed E-state index contributed by atoms with van der Waals surface area (Å²) in [6.07, 6.45) is 2.10. The van der Waals surface area contributed by atoms with E-state index in [1.54, 1.807) is 30.5 Å². The molecule has 120 valence electrons. The number of thiophene rings is 1. The molecule has 2 aromatic heterocycles. The molecule has 0 radical (unpaired) electrons. The van der Waals surface area contributed by atoms with E-state index < -0.39 is 0 Å². The van der Waals surface area contributed by atoms with Crippen LogP contribution in [0, 0.1) is 5.82 Å². The van der Waals surface area contributed by atoms with Gasteiger partial charge >= 0.3 is 0 Å². The Labute approximate surface area is 141 Å². The second kappa shape index (κ2) is 6.05. The molecule has 0 aliphatic carbocycles. The molecule has 1 atom stereocenters. The summed E-state index contributed by atoms with van der Waals surface area (Å²) < 4.78 is 18.6. The predicted molar refractivity (Wildman–Crippen MR) is 89.5 cm³/mol. The second-order valence-electron chi connectivity index (χ2n) is 5.42. The van der Waals surface area contributed by atoms with Crippen LogP contribution in [0.5, 0.6) is 0 Å². The van der Waals surface area contributed by atoms with Crippen molar-refractivity contribution in [2.45, 2.75) is 12.5 Å². The molecule has 4 rings (SSSR count). The smallest absolute Gasteiger partial charge is 0.284 e. The number of carbonyl (C=O) groups is 1. The molecule has 3 aromatic rings. The van der Waals surface area contributed by atoms with Crippen molar-refractivity contribution < 1.29 is 13.6 Å². The number of furan rings is 1. The number of hydrazone groups is 1. The van der Waals surface area contributed by atoms with Gasteiger partial charge in [0.25, 0.3) is 5.91 Å². The second-order valence-corrected chi connectivity index (χ2v) is 6.37. The summed E-state index contributed by atoms with van der Waals surface area (Å²) in [5.41, 5.74) is 1.55. The summed E-state index contributed by atoms with van der Waals surface area (Å²) in [6.45, 7) is 0. The van der Waals surface area contributed by atoms with Crippen molar-refractivity contribution in [3.05, 3.63) is 82.2 Å². The Bertz CT molecular complexity index is 870. The van der Waals surface area contributed by atoms with Gasteiger partial charge in [-0.3, -0.25) is 4.79 Å². The van der Waals surface area contributed by atoms with E-state index in [1.807, 2.05) is 17.5 Å². The predicted octanol–water partition coefficient (Wildman–Crippen LogP) is 4.47. The first-order chi connectivity index (χ1) is 11.7. The maximum atomic E-state index is 13.2. The molecular weight excluding hydrogens is 327 g/mol. The third-order valence-corrected chi connectivity index (χ3v) is 4.77. The highest BCUT2D eigenvalue weighted by Crippen LogP contribution is 2.34. The van der Waals surface area contributed by atoms with Gasteiger partial charge in [-0.25, -0.2) is 9.40 Å². The Balaban J connectivity index is 1.72. The largest absolute Gasteiger partial charge is 0.463 e. The molecule has 1 aromatic carbocycles. The fourth-order valence-corrected chi connectivity index (χ4v) is 3.40. The van der Waals surface area contributed by atoms with Crippen molar-refractivity contribution in [1.82, 2.24) is 5.01 Å². The maximum absolute atomic E-state index is 13.2. The zero-order valence-corrected chi connectivity index (χ0v) is 13.4. The quantitative estimate of drug-likeness (QED) is 0.706. The average Bonchev–Trinajstić information content (AvgIpc) is 3.34. The number of amides is 1. The van der Waals surface area contributed by atoms with Crippen LogP contribution in [-0.4, -0.2) is 16.6 Å². The summed E-state index contributed by atoms with van der Waals surface area (Å²) in [6, 6.07) is 13.1. The Morgan fingerprint density at radius 3 is 2.71 bits per heavy atom. The van der Waals surface area contributed by atoms with E-state index in [0.717, 1.165) is 5.56 Å². The van der Waals surface area contributed by atoms with Crippen LogP contribution < -0.4 is 0 Å². The molecule has 3 heterocycles. The van der Waals surface area contributed by atoms with Crippen molar-refractivity contribution in [3.63, 3.8) is 0 Å². The summed E-state index contributed by atoms with van der Waals surface area (Å²) in [7, 11) is 0. The SMILES string of the molecule is O=C(c1cccs1)N1N=C(c2ccco2)CC1c1ccc(F)cc1. The van der Waals surface area contributed by atoms with Crippen LogP contribution >= 0.6 is 11.3 Å². The van der Waals surface area contributed by atoms with E-state index in [0.29, 0.717) is 22.8 Å². The maximum Gasteiger partial charge on any atom is 0.284 e. The number of hydrogen-bond acceptors (Lipinski definition) is 4. The monoisotopic (exact) mass is 340 g/mol. The first-order valence-corrected chi connectivity index (χ1v) is 8.34. The van der Waals surface area contributed by atoms with Gasteiger partial charge in [0.1, 0.15) is 17.3 Å². The summed E-state index contributed by atoms with van der Waals surface area (Å²) >= 11 is 1.37. The van der Waals surface area contributed by atoms with Gasteiger partial charge in [-0.15, -0.1) is 11.3 Å². The molecular formula is C18H13FN2O2S. The van der Waals surface area contributed by atoms with Crippen LogP contribution in [0.1, 0.15) is 33.5 Å². The van der Waals surface area contributed by atoms with Gasteiger partial charge in [0, 0.05) is 6.42 Å². The zero-order valence-electron chi connectivity index (χ0n) is 12.6. The molecule has 0 spiro atoms. The first kappa shape index (κ1) is 14.8. The fraction of sp³-hybridized carbons (Fsp3) is 0.111. The highest BCUT2D eigenvalue weighted by Gasteiger charge is 2.34. The van der Waals surface area contributed by atoms with Crippen LogP contribution in [0.25, 0.3) is 0 Å². The fourth-order valence-electron chi connectivity index (χ4n) is 2.75. The lowest BCUT2D eigenvalue weighted by atomic mass is 10.0. The van der Waals surface area contributed by atoms with E-state index in [1.165, 1.54) is 28.5 Å². The molecule has 1 aliphatic heterocycles. The van der Waals surface area contributed by atoms with Crippen molar-refractivity contribution in [2.24, 2.45) is 5.10 Å². The van der Waals surface area contributed by atoms with E-state index in [2.05, 4.69) is 5.10 Å². The Morgan fingerprint density at radius 2 is 2.04 bits per heavy atom. The lowest BCUT2D eigenvalue weighted by Crippen LogP contribution is -2.26. The van der Waals surface area contributed by atoms with Gasteiger partial charge in [0.05, 0.1) is 17.2 Å². The molecule has 4 nitrogen and oxygen atoms in total. The highest BCUT2D eigenvalue weighted by molar-refractivity contribution is 7.12. The minimum absolute atomic E-state index is 0.166. The van der Waals surface area contributed by atoms with Crippen molar-refractivity contribution in [3.8, 4) is 0 Å². The molecule has 0 saturated heterocycles. The van der Waals surface area contributed by atoms with Gasteiger partial charge in [0.15, 0.2) is 0 Å². The van der Waals surface area contributed by atoms with Gasteiger partial charge in [-0.05, 0) is 41.3 Å². The van der Waals surface area contributed by atoms with E-state index in [-0.39, 0.29) is 17.8 Å². The number of rotatable bonds is 3. The minimum atomic E-state index is -0.306. The van der Waals surface area contributed by atoms with E-state index in [4.69, 9.17) is 4.42 Å². The van der Waals surface area contributed by atoms with Crippen LogP contribution in [0.4, 0.5) is 4.39 Å². The van der Waals surface area contributed by atoms with E-state index in [9.17, 15) is 9.18 Å². The molecule has 0 saturated carbocycles. The molecule has 0 fully saturated rings. The van der Waals surface area contributed by atoms with Gasteiger partial charge in [-0.1, -0.05) is 18.2 Å². The lowest BCUT2D eigenvalue weighted by molar-refractivity contribution is 0.0716. The number of halogens is 1. The molecule has 6 heteroatoms. The number of nitrogens with zero attached hydrogens (tertiary/aromatic N) is 2. The molecule has 1 unspecified atom stereocenters. The van der Waals surface area contributed by atoms with Crippen LogP contribution in [0.15, 0.2) is 69.7 Å². The minimum Gasteiger partial charge on any atom is -0.463 e. The Hall–Kier alpha value is -2.73. The van der Waals surface area contributed by atoms with E-state index >= 15 is 0 Å². The number of hydrogen-bond donors (Lipinski definition) is 0. The summed E-state index contributed by atoms with van der Waals surface area (Å²) in [5.74, 6) is 0.171. The van der Waals surface area contributed by atoms with Gasteiger partial charge in [-0.2, -0.15) is 5.10 Å². The normalized spacial score (nSPS) is 17.1. The van der Waals surface area contributed by atoms with Gasteiger partial charge < -0.3 is 4.42 Å². The summed E-state index contributed by atoms with van der Waals surface area (Å²) in [4.78, 5) is 13.4. The van der Waals surface area contributed by atoms with Crippen molar-refractivity contribution >= 4 is 23.0 Å². The van der Waals surface area contributed by atoms with Crippen molar-refractivity contribution in [1.29, 1.82) is 0 Å². The van der Waals surface area contributed by atoms with Crippen molar-refractivity contribution in [2.75, 3.05) is 0 Å². The Kier molecular flexibility index (Phi) is 3.74. The first-order valence-electron chi connectivity index (χ1n) is 7.46. The number of benzene rings is 1. The molecule has 0 bridgehead atoms. The molecule has 1 aliphatic rings.